The van der Waals surface area contributed by atoms with Gasteiger partial charge < -0.3 is 19.9 Å². The quantitative estimate of drug-likeness (QED) is 0.645. The van der Waals surface area contributed by atoms with Crippen molar-refractivity contribution in [3.8, 4) is 0 Å². The molecule has 2 aliphatic rings. The Morgan fingerprint density at radius 2 is 2.17 bits per heavy atom. The number of ether oxygens (including phenoxy) is 2. The highest BCUT2D eigenvalue weighted by Crippen LogP contribution is 2.25. The highest BCUT2D eigenvalue weighted by atomic mass is 16.5. The van der Waals surface area contributed by atoms with Gasteiger partial charge in [0.1, 0.15) is 6.10 Å². The molecule has 1 saturated heterocycles. The Morgan fingerprint density at radius 3 is 2.74 bits per heavy atom. The lowest BCUT2D eigenvalue weighted by atomic mass is 9.85. The minimum Gasteiger partial charge on any atom is -0.480 e. The lowest BCUT2D eigenvalue weighted by Crippen LogP contribution is -2.56. The lowest BCUT2D eigenvalue weighted by molar-refractivity contribution is -0.140. The third kappa shape index (κ3) is 5.44. The molecular weight excluding hydrogens is 300 g/mol. The number of rotatable bonds is 9. The third-order valence-electron chi connectivity index (χ3n) is 4.65. The number of carboxylic acid groups (broad SMARTS) is 1. The normalized spacial score (nSPS) is 28.4. The Bertz CT molecular complexity index is 405. The molecule has 2 fully saturated rings. The minimum absolute atomic E-state index is 0.0583. The summed E-state index contributed by atoms with van der Waals surface area (Å²) in [7, 11) is 0. The van der Waals surface area contributed by atoms with Crippen LogP contribution in [-0.4, -0.2) is 72.5 Å². The van der Waals surface area contributed by atoms with Gasteiger partial charge in [0.05, 0.1) is 19.3 Å². The van der Waals surface area contributed by atoms with E-state index >= 15 is 0 Å². The van der Waals surface area contributed by atoms with Crippen LogP contribution >= 0.6 is 0 Å². The monoisotopic (exact) mass is 328 g/mol. The van der Waals surface area contributed by atoms with Crippen LogP contribution in [0.3, 0.4) is 0 Å². The van der Waals surface area contributed by atoms with Crippen LogP contribution in [0.1, 0.15) is 39.5 Å². The van der Waals surface area contributed by atoms with Crippen molar-refractivity contribution in [1.82, 2.24) is 10.2 Å². The van der Waals surface area contributed by atoms with E-state index in [1.807, 2.05) is 11.8 Å². The molecule has 0 bridgehead atoms. The summed E-state index contributed by atoms with van der Waals surface area (Å²) in [5.74, 6) is -0.914. The molecule has 0 unspecified atom stereocenters. The molecule has 2 N–H and O–H groups in total. The molecule has 2 atom stereocenters. The van der Waals surface area contributed by atoms with Crippen LogP contribution in [0.25, 0.3) is 0 Å². The van der Waals surface area contributed by atoms with Crippen LogP contribution in [0.2, 0.25) is 0 Å². The van der Waals surface area contributed by atoms with Crippen LogP contribution in [-0.2, 0) is 19.1 Å². The zero-order valence-electron chi connectivity index (χ0n) is 14.0. The van der Waals surface area contributed by atoms with E-state index in [2.05, 4.69) is 5.32 Å². The molecule has 2 rings (SSSR count). The van der Waals surface area contributed by atoms with E-state index in [-0.39, 0.29) is 30.6 Å². The molecule has 0 aromatic heterocycles. The number of nitrogens with one attached hydrogen (secondary N) is 1. The van der Waals surface area contributed by atoms with Crippen molar-refractivity contribution < 1.29 is 24.2 Å². The summed E-state index contributed by atoms with van der Waals surface area (Å²) in [6, 6.07) is 0.355. The Labute approximate surface area is 137 Å². The summed E-state index contributed by atoms with van der Waals surface area (Å²) < 4.78 is 11.1. The maximum Gasteiger partial charge on any atom is 0.317 e. The molecule has 0 aromatic rings. The van der Waals surface area contributed by atoms with Crippen LogP contribution < -0.4 is 5.32 Å². The zero-order valence-corrected chi connectivity index (χ0v) is 14.0. The predicted octanol–water partition coefficient (Wildman–Crippen LogP) is 0.624. The second kappa shape index (κ2) is 8.61. The second-order valence-corrected chi connectivity index (χ2v) is 6.40. The van der Waals surface area contributed by atoms with Gasteiger partial charge in [0.15, 0.2) is 0 Å². The number of amides is 1. The number of hydrogen-bond acceptors (Lipinski definition) is 5. The van der Waals surface area contributed by atoms with Crippen molar-refractivity contribution in [2.24, 2.45) is 0 Å². The van der Waals surface area contributed by atoms with E-state index in [1.165, 1.54) is 0 Å². The highest BCUT2D eigenvalue weighted by molar-refractivity contribution is 5.80. The molecule has 23 heavy (non-hydrogen) atoms. The number of carboxylic acids is 1. The lowest BCUT2D eigenvalue weighted by Gasteiger charge is -2.42. The van der Waals surface area contributed by atoms with Crippen LogP contribution in [0.5, 0.6) is 0 Å². The van der Waals surface area contributed by atoms with Gasteiger partial charge in [-0.1, -0.05) is 6.92 Å². The summed E-state index contributed by atoms with van der Waals surface area (Å²) in [6.45, 7) is 5.72. The van der Waals surface area contributed by atoms with Crippen LogP contribution in [0.15, 0.2) is 0 Å². The third-order valence-corrected chi connectivity index (χ3v) is 4.65. The summed E-state index contributed by atoms with van der Waals surface area (Å²) in [5.41, 5.74) is 0. The molecule has 0 radical (unpaired) electrons. The number of aliphatic carboxylic acids is 1. The maximum atomic E-state index is 12.1. The first kappa shape index (κ1) is 18.2. The maximum absolute atomic E-state index is 12.1. The molecule has 1 amide bonds. The van der Waals surface area contributed by atoms with Gasteiger partial charge in [0, 0.05) is 18.7 Å². The molecule has 0 spiro atoms. The summed E-state index contributed by atoms with van der Waals surface area (Å²) in [4.78, 5) is 24.8. The Kier molecular flexibility index (Phi) is 6.80. The fraction of sp³-hybridized carbons (Fsp3) is 0.875. The standard InChI is InChI=1S/C16H28N2O5/c1-3-18(9-15(19)20)13-7-12(8-13)17-16(21)11(2)23-10-14-5-4-6-22-14/h11-14H,3-10H2,1-2H3,(H,17,21)(H,19,20)/t11-,12?,13?,14-/m1/s1. The molecule has 7 heteroatoms. The summed E-state index contributed by atoms with van der Waals surface area (Å²) in [5, 5.41) is 11.9. The predicted molar refractivity (Wildman–Crippen MR) is 84.2 cm³/mol. The molecule has 1 heterocycles. The molecule has 1 aliphatic heterocycles. The molecular formula is C16H28N2O5. The van der Waals surface area contributed by atoms with E-state index in [0.717, 1.165) is 32.3 Å². The van der Waals surface area contributed by atoms with Crippen molar-refractivity contribution in [1.29, 1.82) is 0 Å². The SMILES string of the molecule is CCN(CC(=O)O)C1CC(NC(=O)[C@@H](C)OC[C@H]2CCCO2)C1. The smallest absolute Gasteiger partial charge is 0.317 e. The van der Waals surface area contributed by atoms with E-state index in [4.69, 9.17) is 14.6 Å². The van der Waals surface area contributed by atoms with Crippen molar-refractivity contribution in [3.63, 3.8) is 0 Å². The van der Waals surface area contributed by atoms with Gasteiger partial charge in [-0.3, -0.25) is 14.5 Å². The summed E-state index contributed by atoms with van der Waals surface area (Å²) in [6.07, 6.45) is 3.28. The Morgan fingerprint density at radius 1 is 1.43 bits per heavy atom. The highest BCUT2D eigenvalue weighted by Gasteiger charge is 2.35. The van der Waals surface area contributed by atoms with Gasteiger partial charge in [0.25, 0.3) is 0 Å². The van der Waals surface area contributed by atoms with E-state index in [9.17, 15) is 9.59 Å². The summed E-state index contributed by atoms with van der Waals surface area (Å²) >= 11 is 0. The van der Waals surface area contributed by atoms with E-state index in [0.29, 0.717) is 13.2 Å². The second-order valence-electron chi connectivity index (χ2n) is 6.40. The topological polar surface area (TPSA) is 88.1 Å². The van der Waals surface area contributed by atoms with Crippen molar-refractivity contribution >= 4 is 11.9 Å². The van der Waals surface area contributed by atoms with Crippen LogP contribution in [0.4, 0.5) is 0 Å². The van der Waals surface area contributed by atoms with E-state index < -0.39 is 12.1 Å². The first-order chi connectivity index (χ1) is 11.0. The minimum atomic E-state index is -0.810. The van der Waals surface area contributed by atoms with Gasteiger partial charge in [0.2, 0.25) is 5.91 Å². The number of carbonyl (C=O) groups excluding carboxylic acids is 1. The largest absolute Gasteiger partial charge is 0.480 e. The fourth-order valence-electron chi connectivity index (χ4n) is 3.10. The van der Waals surface area contributed by atoms with Crippen molar-refractivity contribution in [2.45, 2.75) is 63.8 Å². The number of nitrogens with zero attached hydrogens (tertiary/aromatic N) is 1. The fourth-order valence-corrected chi connectivity index (χ4v) is 3.10. The average Bonchev–Trinajstić information content (AvgIpc) is 2.98. The van der Waals surface area contributed by atoms with Gasteiger partial charge in [-0.2, -0.15) is 0 Å². The number of carbonyl (C=O) groups is 2. The van der Waals surface area contributed by atoms with Gasteiger partial charge in [-0.15, -0.1) is 0 Å². The Hall–Kier alpha value is -1.18. The first-order valence-electron chi connectivity index (χ1n) is 8.49. The van der Waals surface area contributed by atoms with E-state index in [1.54, 1.807) is 6.92 Å². The molecule has 7 nitrogen and oxygen atoms in total. The molecule has 0 aromatic carbocycles. The van der Waals surface area contributed by atoms with Crippen LogP contribution in [0, 0.1) is 0 Å². The Balaban J connectivity index is 1.63. The van der Waals surface area contributed by atoms with Crippen molar-refractivity contribution in [3.05, 3.63) is 0 Å². The molecule has 1 aliphatic carbocycles. The number of hydrogen-bond donors (Lipinski definition) is 2. The first-order valence-corrected chi connectivity index (χ1v) is 8.49. The number of likely N-dealkylation sites (N-methyl/N-ethyl adjacent to an activating group) is 1. The van der Waals surface area contributed by atoms with Gasteiger partial charge in [-0.25, -0.2) is 0 Å². The molecule has 132 valence electrons. The van der Waals surface area contributed by atoms with Gasteiger partial charge >= 0.3 is 5.97 Å². The molecule has 1 saturated carbocycles. The van der Waals surface area contributed by atoms with Crippen molar-refractivity contribution in [2.75, 3.05) is 26.3 Å². The van der Waals surface area contributed by atoms with Gasteiger partial charge in [-0.05, 0) is 39.2 Å². The average molecular weight is 328 g/mol. The zero-order chi connectivity index (χ0) is 16.8.